The highest BCUT2D eigenvalue weighted by molar-refractivity contribution is 6.18. The van der Waals surface area contributed by atoms with Crippen LogP contribution >= 0.6 is 11.6 Å². The fraction of sp³-hybridized carbons (Fsp3) is 0.538. The Hall–Kier alpha value is -0.530. The van der Waals surface area contributed by atoms with Gasteiger partial charge >= 0.3 is 0 Å². The van der Waals surface area contributed by atoms with Crippen molar-refractivity contribution in [2.75, 3.05) is 5.88 Å². The molecule has 2 heteroatoms. The predicted octanol–water partition coefficient (Wildman–Crippen LogP) is 3.57. The maximum absolute atomic E-state index is 6.03. The van der Waals surface area contributed by atoms with Crippen LogP contribution in [-0.4, -0.2) is 11.4 Å². The van der Waals surface area contributed by atoms with Gasteiger partial charge in [-0.3, -0.25) is 0 Å². The average Bonchev–Trinajstić information content (AvgIpc) is 2.33. The minimum atomic E-state index is 0.0946. The Kier molecular flexibility index (Phi) is 5.13. The summed E-state index contributed by atoms with van der Waals surface area (Å²) in [6, 6.07) is 10.4. The fourth-order valence-corrected chi connectivity index (χ4v) is 2.09. The molecule has 1 nitrogen and oxygen atoms in total. The second-order valence-corrected chi connectivity index (χ2v) is 4.23. The first kappa shape index (κ1) is 12.5. The summed E-state index contributed by atoms with van der Waals surface area (Å²) in [6.45, 7) is 5.27. The van der Waals surface area contributed by atoms with Crippen molar-refractivity contribution in [2.24, 2.45) is 0 Å². The van der Waals surface area contributed by atoms with Crippen LogP contribution in [0.15, 0.2) is 30.3 Å². The van der Waals surface area contributed by atoms with E-state index in [1.165, 1.54) is 5.56 Å². The third kappa shape index (κ3) is 3.51. The normalized spacial score (nSPS) is 11.7. The van der Waals surface area contributed by atoms with Gasteiger partial charge in [-0.05, 0) is 18.4 Å². The van der Waals surface area contributed by atoms with Crippen LogP contribution < -0.4 is 5.32 Å². The maximum Gasteiger partial charge on any atom is 0.0405 e. The Labute approximate surface area is 97.8 Å². The monoisotopic (exact) mass is 225 g/mol. The lowest BCUT2D eigenvalue weighted by molar-refractivity contribution is 0.334. The van der Waals surface area contributed by atoms with Gasteiger partial charge in [-0.2, -0.15) is 0 Å². The minimum absolute atomic E-state index is 0.0946. The van der Waals surface area contributed by atoms with Gasteiger partial charge in [-0.25, -0.2) is 0 Å². The number of benzene rings is 1. The van der Waals surface area contributed by atoms with Crippen LogP contribution in [0, 0.1) is 0 Å². The quantitative estimate of drug-likeness (QED) is 0.730. The summed E-state index contributed by atoms with van der Waals surface area (Å²) >= 11 is 6.03. The Balaban J connectivity index is 2.54. The molecule has 0 bridgehead atoms. The number of hydrogen-bond acceptors (Lipinski definition) is 1. The lowest BCUT2D eigenvalue weighted by Gasteiger charge is -2.30. The van der Waals surface area contributed by atoms with Crippen molar-refractivity contribution in [1.29, 1.82) is 0 Å². The second kappa shape index (κ2) is 6.14. The van der Waals surface area contributed by atoms with E-state index in [1.807, 2.05) is 6.07 Å². The van der Waals surface area contributed by atoms with Crippen LogP contribution in [0.25, 0.3) is 0 Å². The molecule has 0 amide bonds. The van der Waals surface area contributed by atoms with E-state index in [-0.39, 0.29) is 5.54 Å². The van der Waals surface area contributed by atoms with Crippen LogP contribution in [0.2, 0.25) is 0 Å². The molecule has 0 aliphatic heterocycles. The number of rotatable bonds is 6. The van der Waals surface area contributed by atoms with Gasteiger partial charge in [-0.15, -0.1) is 11.6 Å². The molecule has 1 N–H and O–H groups in total. The summed E-state index contributed by atoms with van der Waals surface area (Å²) < 4.78 is 0. The Bertz CT molecular complexity index is 259. The molecule has 0 saturated heterocycles. The lowest BCUT2D eigenvalue weighted by atomic mass is 9.95. The third-order valence-electron chi connectivity index (χ3n) is 3.12. The molecule has 0 atom stereocenters. The highest BCUT2D eigenvalue weighted by Crippen LogP contribution is 2.17. The summed E-state index contributed by atoms with van der Waals surface area (Å²) in [4.78, 5) is 0. The first-order valence-electron chi connectivity index (χ1n) is 5.61. The molecule has 0 heterocycles. The number of nitrogens with one attached hydrogen (secondary N) is 1. The Morgan fingerprint density at radius 2 is 1.73 bits per heavy atom. The standard InChI is InChI=1S/C13H20ClN/c1-3-13(4-2,11-14)15-10-12-8-6-5-7-9-12/h5-9,15H,3-4,10-11H2,1-2H3. The van der Waals surface area contributed by atoms with E-state index in [1.54, 1.807) is 0 Å². The van der Waals surface area contributed by atoms with Gasteiger partial charge in [0.1, 0.15) is 0 Å². The van der Waals surface area contributed by atoms with Gasteiger partial charge in [-0.1, -0.05) is 44.2 Å². The maximum atomic E-state index is 6.03. The van der Waals surface area contributed by atoms with Crippen molar-refractivity contribution >= 4 is 11.6 Å². The molecule has 0 aliphatic carbocycles. The molecule has 0 fully saturated rings. The molecule has 1 aromatic carbocycles. The zero-order chi connectivity index (χ0) is 11.1. The van der Waals surface area contributed by atoms with Crippen molar-refractivity contribution in [3.8, 4) is 0 Å². The van der Waals surface area contributed by atoms with E-state index in [2.05, 4.69) is 43.4 Å². The number of hydrogen-bond donors (Lipinski definition) is 1. The summed E-state index contributed by atoms with van der Waals surface area (Å²) in [5.41, 5.74) is 1.41. The lowest BCUT2D eigenvalue weighted by Crippen LogP contribution is -2.45. The van der Waals surface area contributed by atoms with Crippen molar-refractivity contribution in [2.45, 2.75) is 38.8 Å². The summed E-state index contributed by atoms with van der Waals surface area (Å²) in [5, 5.41) is 3.57. The van der Waals surface area contributed by atoms with Gasteiger partial charge in [0.05, 0.1) is 0 Å². The first-order valence-corrected chi connectivity index (χ1v) is 6.14. The molecular formula is C13H20ClN. The van der Waals surface area contributed by atoms with E-state index in [4.69, 9.17) is 11.6 Å². The van der Waals surface area contributed by atoms with Crippen LogP contribution in [0.1, 0.15) is 32.3 Å². The van der Waals surface area contributed by atoms with Gasteiger partial charge in [0, 0.05) is 18.0 Å². The van der Waals surface area contributed by atoms with E-state index in [0.29, 0.717) is 5.88 Å². The van der Waals surface area contributed by atoms with Crippen LogP contribution in [0.5, 0.6) is 0 Å². The van der Waals surface area contributed by atoms with E-state index in [9.17, 15) is 0 Å². The third-order valence-corrected chi connectivity index (χ3v) is 3.63. The molecule has 0 aliphatic rings. The molecule has 1 rings (SSSR count). The highest BCUT2D eigenvalue weighted by atomic mass is 35.5. The van der Waals surface area contributed by atoms with Gasteiger partial charge in [0.15, 0.2) is 0 Å². The zero-order valence-electron chi connectivity index (χ0n) is 9.59. The molecule has 0 unspecified atom stereocenters. The smallest absolute Gasteiger partial charge is 0.0405 e. The zero-order valence-corrected chi connectivity index (χ0v) is 10.3. The van der Waals surface area contributed by atoms with E-state index < -0.39 is 0 Å². The van der Waals surface area contributed by atoms with Gasteiger partial charge in [0.2, 0.25) is 0 Å². The molecule has 0 aromatic heterocycles. The molecular weight excluding hydrogens is 206 g/mol. The van der Waals surface area contributed by atoms with Crippen LogP contribution in [0.3, 0.4) is 0 Å². The van der Waals surface area contributed by atoms with Crippen molar-refractivity contribution in [1.82, 2.24) is 5.32 Å². The number of alkyl halides is 1. The van der Waals surface area contributed by atoms with Crippen molar-refractivity contribution in [3.63, 3.8) is 0 Å². The van der Waals surface area contributed by atoms with Crippen molar-refractivity contribution in [3.05, 3.63) is 35.9 Å². The van der Waals surface area contributed by atoms with Gasteiger partial charge < -0.3 is 5.32 Å². The SMILES string of the molecule is CCC(CC)(CCl)NCc1ccccc1. The van der Waals surface area contributed by atoms with E-state index in [0.717, 1.165) is 19.4 Å². The molecule has 15 heavy (non-hydrogen) atoms. The van der Waals surface area contributed by atoms with Gasteiger partial charge in [0.25, 0.3) is 0 Å². The molecule has 84 valence electrons. The molecule has 1 aromatic rings. The number of halogens is 1. The highest BCUT2D eigenvalue weighted by Gasteiger charge is 2.23. The predicted molar refractivity (Wildman–Crippen MR) is 67.3 cm³/mol. The topological polar surface area (TPSA) is 12.0 Å². The van der Waals surface area contributed by atoms with Crippen LogP contribution in [0.4, 0.5) is 0 Å². The summed E-state index contributed by atoms with van der Waals surface area (Å²) in [5.74, 6) is 0.673. The summed E-state index contributed by atoms with van der Waals surface area (Å²) in [7, 11) is 0. The average molecular weight is 226 g/mol. The summed E-state index contributed by atoms with van der Waals surface area (Å²) in [6.07, 6.45) is 2.14. The molecule has 0 radical (unpaired) electrons. The first-order chi connectivity index (χ1) is 7.26. The second-order valence-electron chi connectivity index (χ2n) is 3.96. The minimum Gasteiger partial charge on any atom is -0.306 e. The largest absolute Gasteiger partial charge is 0.306 e. The molecule has 0 spiro atoms. The fourth-order valence-electron chi connectivity index (χ4n) is 1.62. The Morgan fingerprint density at radius 3 is 2.20 bits per heavy atom. The van der Waals surface area contributed by atoms with Crippen molar-refractivity contribution < 1.29 is 0 Å². The van der Waals surface area contributed by atoms with Crippen LogP contribution in [-0.2, 0) is 6.54 Å². The Morgan fingerprint density at radius 1 is 1.13 bits per heavy atom. The van der Waals surface area contributed by atoms with E-state index >= 15 is 0 Å². The molecule has 0 saturated carbocycles.